The zero-order chi connectivity index (χ0) is 25.9. The summed E-state index contributed by atoms with van der Waals surface area (Å²) < 4.78 is 47.7. The first-order valence-corrected chi connectivity index (χ1v) is 12.5. The molecule has 0 bridgehead atoms. The van der Waals surface area contributed by atoms with Crippen molar-refractivity contribution < 1.29 is 27.8 Å². The van der Waals surface area contributed by atoms with Crippen LogP contribution in [0.15, 0.2) is 57.0 Å². The van der Waals surface area contributed by atoms with E-state index in [1.54, 1.807) is 29.1 Å². The van der Waals surface area contributed by atoms with E-state index < -0.39 is 11.7 Å². The van der Waals surface area contributed by atoms with Gasteiger partial charge >= 0.3 is 6.18 Å². The number of aliphatic hydroxyl groups is 1. The van der Waals surface area contributed by atoms with Gasteiger partial charge < -0.3 is 14.7 Å². The quantitative estimate of drug-likeness (QED) is 0.448. The third kappa shape index (κ3) is 5.83. The van der Waals surface area contributed by atoms with Crippen molar-refractivity contribution in [3.05, 3.63) is 68.7 Å². The second-order valence-corrected chi connectivity index (χ2v) is 9.75. The van der Waals surface area contributed by atoms with Crippen molar-refractivity contribution >= 4 is 55.7 Å². The number of amides is 1. The lowest BCUT2D eigenvalue weighted by Gasteiger charge is -2.27. The van der Waals surface area contributed by atoms with Gasteiger partial charge in [0.25, 0.3) is 5.91 Å². The van der Waals surface area contributed by atoms with Gasteiger partial charge in [0, 0.05) is 30.1 Å². The predicted molar refractivity (Wildman–Crippen MR) is 137 cm³/mol. The van der Waals surface area contributed by atoms with Gasteiger partial charge in [-0.25, -0.2) is 0 Å². The van der Waals surface area contributed by atoms with E-state index >= 15 is 0 Å². The van der Waals surface area contributed by atoms with E-state index in [-0.39, 0.29) is 18.0 Å². The standard InChI is InChI=1S/C23H18BrF3N4O2S.CH4O/c24-17-3-2-15(18(11-17)23(25,26)27)13-31-19-4-1-14(9-16(19)12-28-31)10-20-21(32)29-22(34-20)30-5-7-33-8-6-30;1-2/h1-4,9-12H,5-8,13H2;2H,1H3/b20-10-;. The number of aliphatic imine (C=N–C) groups is 1. The van der Waals surface area contributed by atoms with Crippen molar-refractivity contribution in [2.75, 3.05) is 33.4 Å². The molecule has 36 heavy (non-hydrogen) atoms. The number of thioether (sulfide) groups is 1. The van der Waals surface area contributed by atoms with Gasteiger partial charge in [-0.15, -0.1) is 0 Å². The van der Waals surface area contributed by atoms with Crippen LogP contribution in [0.1, 0.15) is 16.7 Å². The number of halogens is 4. The number of aromatic nitrogens is 2. The van der Waals surface area contributed by atoms with Crippen molar-refractivity contribution in [3.63, 3.8) is 0 Å². The van der Waals surface area contributed by atoms with Gasteiger partial charge in [0.1, 0.15) is 0 Å². The maximum absolute atomic E-state index is 13.5. The minimum absolute atomic E-state index is 0.0167. The Kier molecular flexibility index (Phi) is 8.18. The second-order valence-electron chi connectivity index (χ2n) is 7.83. The number of carbonyl (C=O) groups is 1. The number of fused-ring (bicyclic) bond motifs is 1. The monoisotopic (exact) mass is 582 g/mol. The summed E-state index contributed by atoms with van der Waals surface area (Å²) in [7, 11) is 1.00. The maximum Gasteiger partial charge on any atom is 0.416 e. The molecule has 2 aliphatic heterocycles. The molecule has 0 radical (unpaired) electrons. The van der Waals surface area contributed by atoms with Gasteiger partial charge in [0.15, 0.2) is 5.17 Å². The lowest BCUT2D eigenvalue weighted by Crippen LogP contribution is -2.38. The molecule has 0 unspecified atom stereocenters. The molecule has 1 saturated heterocycles. The molecule has 2 aromatic carbocycles. The Morgan fingerprint density at radius 3 is 2.64 bits per heavy atom. The molecular formula is C24H22BrF3N4O3S. The lowest BCUT2D eigenvalue weighted by atomic mass is 10.1. The Bertz CT molecular complexity index is 1330. The molecular weight excluding hydrogens is 561 g/mol. The van der Waals surface area contributed by atoms with Crippen LogP contribution in [0.4, 0.5) is 13.2 Å². The number of nitrogens with zero attached hydrogens (tertiary/aromatic N) is 4. The molecule has 190 valence electrons. The molecule has 0 saturated carbocycles. The molecule has 7 nitrogen and oxygen atoms in total. The fourth-order valence-corrected chi connectivity index (χ4v) is 5.20. The first kappa shape index (κ1) is 26.4. The van der Waals surface area contributed by atoms with Gasteiger partial charge in [0.2, 0.25) is 0 Å². The summed E-state index contributed by atoms with van der Waals surface area (Å²) in [5.74, 6) is -0.280. The molecule has 3 aromatic rings. The minimum atomic E-state index is -4.46. The van der Waals surface area contributed by atoms with Gasteiger partial charge in [-0.1, -0.05) is 28.1 Å². The van der Waals surface area contributed by atoms with Gasteiger partial charge in [0.05, 0.1) is 41.9 Å². The van der Waals surface area contributed by atoms with E-state index in [1.165, 1.54) is 17.8 Å². The van der Waals surface area contributed by atoms with E-state index in [9.17, 15) is 18.0 Å². The fourth-order valence-electron chi connectivity index (χ4n) is 3.87. The van der Waals surface area contributed by atoms with E-state index in [0.717, 1.165) is 24.1 Å². The molecule has 1 aromatic heterocycles. The minimum Gasteiger partial charge on any atom is -0.400 e. The highest BCUT2D eigenvalue weighted by Gasteiger charge is 2.33. The van der Waals surface area contributed by atoms with Crippen molar-refractivity contribution in [3.8, 4) is 0 Å². The Hall–Kier alpha value is -2.67. The Balaban J connectivity index is 0.00000148. The molecule has 1 amide bonds. The number of ether oxygens (including phenoxy) is 1. The highest BCUT2D eigenvalue weighted by Crippen LogP contribution is 2.35. The van der Waals surface area contributed by atoms with E-state index in [1.807, 2.05) is 17.0 Å². The summed E-state index contributed by atoms with van der Waals surface area (Å²) in [6, 6.07) is 9.60. The number of amidine groups is 1. The highest BCUT2D eigenvalue weighted by molar-refractivity contribution is 9.10. The first-order chi connectivity index (χ1) is 17.3. The number of morpholine rings is 1. The number of carbonyl (C=O) groups excluding carboxylic acids is 1. The lowest BCUT2D eigenvalue weighted by molar-refractivity contribution is -0.138. The van der Waals surface area contributed by atoms with Crippen LogP contribution >= 0.6 is 27.7 Å². The SMILES string of the molecule is CO.O=C1N=C(N2CCOCC2)S/C1=C\c1ccc2c(cnn2Cc2ccc(Br)cc2C(F)(F)F)c1. The van der Waals surface area contributed by atoms with E-state index in [2.05, 4.69) is 26.0 Å². The molecule has 1 fully saturated rings. The van der Waals surface area contributed by atoms with E-state index in [0.29, 0.717) is 46.4 Å². The molecule has 5 rings (SSSR count). The molecule has 0 aliphatic carbocycles. The normalized spacial score (nSPS) is 17.4. The third-order valence-electron chi connectivity index (χ3n) is 5.55. The first-order valence-electron chi connectivity index (χ1n) is 10.9. The summed E-state index contributed by atoms with van der Waals surface area (Å²) in [6.45, 7) is 2.60. The molecule has 0 atom stereocenters. The largest absolute Gasteiger partial charge is 0.416 e. The number of alkyl halides is 3. The Morgan fingerprint density at radius 2 is 1.92 bits per heavy atom. The van der Waals surface area contributed by atoms with Gasteiger partial charge in [-0.05, 0) is 53.2 Å². The summed E-state index contributed by atoms with van der Waals surface area (Å²) in [5, 5.41) is 12.8. The number of rotatable bonds is 3. The average molecular weight is 583 g/mol. The van der Waals surface area contributed by atoms with Crippen LogP contribution in [0.3, 0.4) is 0 Å². The highest BCUT2D eigenvalue weighted by atomic mass is 79.9. The smallest absolute Gasteiger partial charge is 0.400 e. The fraction of sp³-hybridized carbons (Fsp3) is 0.292. The Morgan fingerprint density at radius 1 is 1.17 bits per heavy atom. The summed E-state index contributed by atoms with van der Waals surface area (Å²) in [4.78, 5) is 19.1. The van der Waals surface area contributed by atoms with Crippen molar-refractivity contribution in [1.82, 2.24) is 14.7 Å². The average Bonchev–Trinajstić information content (AvgIpc) is 3.44. The van der Waals surface area contributed by atoms with Gasteiger partial charge in [-0.2, -0.15) is 23.3 Å². The predicted octanol–water partition coefficient (Wildman–Crippen LogP) is 4.78. The number of aliphatic hydroxyl groups excluding tert-OH is 1. The molecule has 1 N–H and O–H groups in total. The van der Waals surface area contributed by atoms with Crippen LogP contribution in [0, 0.1) is 0 Å². The maximum atomic E-state index is 13.5. The molecule has 3 heterocycles. The number of benzene rings is 2. The zero-order valence-corrected chi connectivity index (χ0v) is 21.5. The second kappa shape index (κ2) is 11.2. The molecule has 2 aliphatic rings. The summed E-state index contributed by atoms with van der Waals surface area (Å²) in [6.07, 6.45) is -1.07. The van der Waals surface area contributed by atoms with E-state index in [4.69, 9.17) is 9.84 Å². The van der Waals surface area contributed by atoms with Crippen LogP contribution in [0.25, 0.3) is 17.0 Å². The van der Waals surface area contributed by atoms with Crippen molar-refractivity contribution in [1.29, 1.82) is 0 Å². The van der Waals surface area contributed by atoms with Crippen LogP contribution in [0.5, 0.6) is 0 Å². The number of hydrogen-bond donors (Lipinski definition) is 1. The number of hydrogen-bond acceptors (Lipinski definition) is 6. The third-order valence-corrected chi connectivity index (χ3v) is 7.09. The molecule has 12 heteroatoms. The summed E-state index contributed by atoms with van der Waals surface area (Å²) >= 11 is 4.45. The summed E-state index contributed by atoms with van der Waals surface area (Å²) in [5.41, 5.74) is 0.933. The Labute approximate surface area is 217 Å². The van der Waals surface area contributed by atoms with Crippen molar-refractivity contribution in [2.45, 2.75) is 12.7 Å². The molecule has 0 spiro atoms. The van der Waals surface area contributed by atoms with Crippen molar-refractivity contribution in [2.24, 2.45) is 4.99 Å². The van der Waals surface area contributed by atoms with Crippen LogP contribution in [-0.4, -0.2) is 64.3 Å². The van der Waals surface area contributed by atoms with Crippen LogP contribution in [0.2, 0.25) is 0 Å². The van der Waals surface area contributed by atoms with Crippen LogP contribution in [-0.2, 0) is 22.3 Å². The van der Waals surface area contributed by atoms with Crippen LogP contribution < -0.4 is 0 Å². The zero-order valence-electron chi connectivity index (χ0n) is 19.1. The topological polar surface area (TPSA) is 79.9 Å². The van der Waals surface area contributed by atoms with Gasteiger partial charge in [-0.3, -0.25) is 9.48 Å².